The first-order valence-corrected chi connectivity index (χ1v) is 17.1. The number of rotatable bonds is 11. The van der Waals surface area contributed by atoms with Crippen LogP contribution in [0, 0.1) is 11.3 Å². The van der Waals surface area contributed by atoms with Crippen LogP contribution in [0.4, 0.5) is 22.0 Å². The number of hydrogen-bond acceptors (Lipinski definition) is 9. The molecule has 0 spiro atoms. The lowest BCUT2D eigenvalue weighted by Crippen LogP contribution is -2.48. The number of halogens is 6. The Balaban J connectivity index is 0.000000609. The first kappa shape index (κ1) is 39.4. The smallest absolute Gasteiger partial charge is 0.369 e. The van der Waals surface area contributed by atoms with Crippen molar-refractivity contribution in [2.45, 2.75) is 77.2 Å². The van der Waals surface area contributed by atoms with Crippen LogP contribution in [0.5, 0.6) is 0 Å². The average Bonchev–Trinajstić information content (AvgIpc) is 3.50. The van der Waals surface area contributed by atoms with Crippen LogP contribution in [0.1, 0.15) is 82.4 Å². The standard InChI is InChI=1S/C31H35ClF2N10O.C4H5F3O/c1-30(2,3)16-31(20-8-5-18(6-9-20)23-14-38-44(41-23)21-10-11-21)28(45)42(29(35)40-31)25(15-36-4)19-7-12-22(32)24(13-19)43-27(26(33)34)37-17-39-43;1-3(2-8)4(5,6)7/h5-9,12-14,17,21,25-26,36H,10-11,15-16H2,1-4H3,(H2,35,40);2-3H,1H3/t25-,31-;3-/m11/s1. The molecule has 2 aromatic carbocycles. The number of alkyl halides is 5. The lowest BCUT2D eigenvalue weighted by Gasteiger charge is -2.35. The zero-order valence-corrected chi connectivity index (χ0v) is 30.4. The molecule has 2 aromatic heterocycles. The summed E-state index contributed by atoms with van der Waals surface area (Å²) in [6, 6.07) is 12.3. The third kappa shape index (κ3) is 8.56. The number of aldehydes is 1. The van der Waals surface area contributed by atoms with E-state index in [-0.39, 0.29) is 34.3 Å². The molecule has 1 saturated carbocycles. The van der Waals surface area contributed by atoms with Crippen LogP contribution in [0.3, 0.4) is 0 Å². The minimum Gasteiger partial charge on any atom is -0.369 e. The summed E-state index contributed by atoms with van der Waals surface area (Å²) in [5, 5.41) is 16.3. The highest BCUT2D eigenvalue weighted by Crippen LogP contribution is 2.45. The Labute approximate surface area is 307 Å². The molecule has 0 saturated heterocycles. The van der Waals surface area contributed by atoms with Gasteiger partial charge in [0.25, 0.3) is 12.3 Å². The van der Waals surface area contributed by atoms with Crippen LogP contribution >= 0.6 is 11.6 Å². The van der Waals surface area contributed by atoms with Crippen molar-refractivity contribution >= 4 is 29.8 Å². The van der Waals surface area contributed by atoms with E-state index in [2.05, 4.69) is 46.4 Å². The molecule has 6 rings (SSSR count). The highest BCUT2D eigenvalue weighted by molar-refractivity contribution is 6.32. The van der Waals surface area contributed by atoms with Gasteiger partial charge >= 0.3 is 6.18 Å². The summed E-state index contributed by atoms with van der Waals surface area (Å²) < 4.78 is 62.0. The highest BCUT2D eigenvalue weighted by Gasteiger charge is 2.53. The first-order chi connectivity index (χ1) is 24.9. The number of nitrogens with zero attached hydrogens (tertiary/aromatic N) is 8. The molecular formula is C35H40ClF5N10O2. The van der Waals surface area contributed by atoms with Gasteiger partial charge in [0.05, 0.1) is 29.0 Å². The third-order valence-corrected chi connectivity index (χ3v) is 9.05. The van der Waals surface area contributed by atoms with Crippen LogP contribution in [0.2, 0.25) is 5.02 Å². The molecule has 1 aliphatic heterocycles. The van der Waals surface area contributed by atoms with Crippen molar-refractivity contribution in [3.63, 3.8) is 0 Å². The molecule has 284 valence electrons. The largest absolute Gasteiger partial charge is 0.398 e. The number of nitrogens with two attached hydrogens (primary N) is 1. The molecule has 53 heavy (non-hydrogen) atoms. The van der Waals surface area contributed by atoms with Gasteiger partial charge in [-0.05, 0) is 61.9 Å². The molecule has 1 aliphatic carbocycles. The Morgan fingerprint density at radius 1 is 1.09 bits per heavy atom. The summed E-state index contributed by atoms with van der Waals surface area (Å²) in [6.45, 7) is 7.26. The Morgan fingerprint density at radius 3 is 2.32 bits per heavy atom. The van der Waals surface area contributed by atoms with E-state index in [9.17, 15) is 31.5 Å². The van der Waals surface area contributed by atoms with Crippen LogP contribution in [-0.2, 0) is 15.1 Å². The minimum atomic E-state index is -4.36. The molecule has 0 bridgehead atoms. The zero-order chi connectivity index (χ0) is 38.9. The van der Waals surface area contributed by atoms with Gasteiger partial charge in [-0.3, -0.25) is 9.69 Å². The van der Waals surface area contributed by atoms with E-state index in [0.29, 0.717) is 30.1 Å². The van der Waals surface area contributed by atoms with E-state index in [0.717, 1.165) is 42.0 Å². The van der Waals surface area contributed by atoms with Crippen molar-refractivity contribution in [2.75, 3.05) is 13.6 Å². The van der Waals surface area contributed by atoms with Crippen LogP contribution in [-0.4, -0.2) is 72.6 Å². The summed E-state index contributed by atoms with van der Waals surface area (Å²) in [4.78, 5) is 35.9. The molecule has 3 heterocycles. The maximum atomic E-state index is 14.7. The number of amides is 1. The van der Waals surface area contributed by atoms with E-state index < -0.39 is 35.9 Å². The van der Waals surface area contributed by atoms with Gasteiger partial charge in [-0.1, -0.05) is 62.7 Å². The molecule has 0 radical (unpaired) electrons. The van der Waals surface area contributed by atoms with Gasteiger partial charge in [0.15, 0.2) is 17.3 Å². The topological polar surface area (TPSA) is 149 Å². The van der Waals surface area contributed by atoms with Crippen molar-refractivity contribution in [1.29, 1.82) is 0 Å². The summed E-state index contributed by atoms with van der Waals surface area (Å²) in [5.74, 6) is -2.60. The van der Waals surface area contributed by atoms with Crippen molar-refractivity contribution in [1.82, 2.24) is 40.0 Å². The third-order valence-electron chi connectivity index (χ3n) is 8.73. The van der Waals surface area contributed by atoms with Gasteiger partial charge in [0.2, 0.25) is 0 Å². The lowest BCUT2D eigenvalue weighted by atomic mass is 9.75. The van der Waals surface area contributed by atoms with Gasteiger partial charge in [-0.15, -0.1) is 0 Å². The number of benzene rings is 2. The second-order valence-corrected chi connectivity index (χ2v) is 14.6. The Kier molecular flexibility index (Phi) is 11.4. The maximum Gasteiger partial charge on any atom is 0.398 e. The van der Waals surface area contributed by atoms with E-state index in [4.69, 9.17) is 22.3 Å². The van der Waals surface area contributed by atoms with Crippen molar-refractivity contribution in [2.24, 2.45) is 22.1 Å². The number of hydrogen-bond donors (Lipinski definition) is 2. The maximum absolute atomic E-state index is 14.7. The number of nitrogens with one attached hydrogen (secondary N) is 1. The van der Waals surface area contributed by atoms with Gasteiger partial charge in [-0.25, -0.2) is 23.4 Å². The molecule has 12 nitrogen and oxygen atoms in total. The molecule has 0 unspecified atom stereocenters. The van der Waals surface area contributed by atoms with E-state index in [1.165, 1.54) is 4.90 Å². The summed E-state index contributed by atoms with van der Waals surface area (Å²) in [5.41, 5.74) is 8.18. The number of carbonyl (C=O) groups excluding carboxylic acids is 2. The molecule has 3 N–H and O–H groups in total. The van der Waals surface area contributed by atoms with E-state index in [1.807, 2.05) is 24.3 Å². The molecule has 1 fully saturated rings. The van der Waals surface area contributed by atoms with Gasteiger partial charge in [-0.2, -0.15) is 33.3 Å². The quantitative estimate of drug-likeness (QED) is 0.129. The molecule has 18 heteroatoms. The lowest BCUT2D eigenvalue weighted by molar-refractivity contribution is -0.170. The average molecular weight is 763 g/mol. The molecular weight excluding hydrogens is 723 g/mol. The van der Waals surface area contributed by atoms with Gasteiger partial charge in [0.1, 0.15) is 24.2 Å². The van der Waals surface area contributed by atoms with E-state index >= 15 is 0 Å². The predicted octanol–water partition coefficient (Wildman–Crippen LogP) is 6.58. The van der Waals surface area contributed by atoms with Crippen LogP contribution < -0.4 is 11.1 Å². The SMILES string of the molecule is CNC[C@H](c1ccc(Cl)c(-n2ncnc2C(F)F)c1)N1C(=O)[C@@](CC(C)(C)C)(c2ccc(-c3cnn(C4CC4)n3)cc2)N=C1N.C[C@H](C=O)C(F)(F)F. The highest BCUT2D eigenvalue weighted by atomic mass is 35.5. The van der Waals surface area contributed by atoms with Crippen LogP contribution in [0.15, 0.2) is 60.0 Å². The Hall–Kier alpha value is -4.77. The normalized spacial score (nSPS) is 18.8. The second kappa shape index (κ2) is 15.3. The van der Waals surface area contributed by atoms with Crippen molar-refractivity contribution in [3.8, 4) is 16.9 Å². The Morgan fingerprint density at radius 2 is 1.77 bits per heavy atom. The second-order valence-electron chi connectivity index (χ2n) is 14.2. The zero-order valence-electron chi connectivity index (χ0n) is 29.7. The molecule has 3 atom stereocenters. The molecule has 4 aromatic rings. The minimum absolute atomic E-state index is 0.0616. The summed E-state index contributed by atoms with van der Waals surface area (Å²) >= 11 is 6.45. The van der Waals surface area contributed by atoms with Crippen molar-refractivity contribution in [3.05, 3.63) is 77.0 Å². The first-order valence-electron chi connectivity index (χ1n) is 16.8. The van der Waals surface area contributed by atoms with Crippen LogP contribution in [0.25, 0.3) is 16.9 Å². The fourth-order valence-corrected chi connectivity index (χ4v) is 6.19. The summed E-state index contributed by atoms with van der Waals surface area (Å²) in [6.07, 6.45) is -1.98. The molecule has 2 aliphatic rings. The Bertz CT molecular complexity index is 1950. The molecule has 1 amide bonds. The summed E-state index contributed by atoms with van der Waals surface area (Å²) in [7, 11) is 1.75. The number of guanidine groups is 1. The number of carbonyl (C=O) groups is 2. The number of aromatic nitrogens is 6. The van der Waals surface area contributed by atoms with Crippen molar-refractivity contribution < 1.29 is 31.5 Å². The monoisotopic (exact) mass is 762 g/mol. The fraction of sp³-hybridized carbons (Fsp3) is 0.457. The van der Waals surface area contributed by atoms with Gasteiger partial charge in [0, 0.05) is 12.1 Å². The fourth-order valence-electron chi connectivity index (χ4n) is 5.99. The van der Waals surface area contributed by atoms with E-state index in [1.54, 1.807) is 36.2 Å². The number of aliphatic imine (C=N–C) groups is 1. The van der Waals surface area contributed by atoms with Gasteiger partial charge < -0.3 is 15.8 Å². The number of likely N-dealkylation sites (N-methyl/N-ethyl adjacent to an activating group) is 1. The predicted molar refractivity (Wildman–Crippen MR) is 187 cm³/mol.